The maximum absolute atomic E-state index is 12.6. The predicted octanol–water partition coefficient (Wildman–Crippen LogP) is 2.75. The van der Waals surface area contributed by atoms with Crippen LogP contribution in [-0.2, 0) is 9.59 Å². The number of likely N-dealkylation sites (tertiary alicyclic amines) is 1. The molecule has 0 aliphatic carbocycles. The number of hydrogen-bond acceptors (Lipinski definition) is 4. The van der Waals surface area contributed by atoms with E-state index in [1.54, 1.807) is 7.11 Å². The molecule has 1 aliphatic rings. The molecule has 6 nitrogen and oxygen atoms in total. The summed E-state index contributed by atoms with van der Waals surface area (Å²) in [5.74, 6) is 0.626. The van der Waals surface area contributed by atoms with Crippen LogP contribution in [0, 0.1) is 0 Å². The van der Waals surface area contributed by atoms with Gasteiger partial charge in [0.1, 0.15) is 5.75 Å². The number of nitrogens with one attached hydrogen (secondary N) is 1. The molecular formula is C20H31N3O3. The van der Waals surface area contributed by atoms with E-state index in [1.165, 1.54) is 12.8 Å². The standard InChI is InChI=1S/C20H31N3O3/c1-3-12-22(16-20(25)23-13-8-4-5-9-14-23)15-19(24)21-17-10-6-7-11-18(17)26-2/h6-7,10-11H,3-5,8-9,12-16H2,1-2H3,(H,21,24). The van der Waals surface area contributed by atoms with Crippen molar-refractivity contribution in [2.75, 3.05) is 45.2 Å². The minimum Gasteiger partial charge on any atom is -0.495 e. The zero-order valence-corrected chi connectivity index (χ0v) is 16.0. The highest BCUT2D eigenvalue weighted by molar-refractivity contribution is 5.94. The lowest BCUT2D eigenvalue weighted by atomic mass is 10.2. The number of ether oxygens (including phenoxy) is 1. The van der Waals surface area contributed by atoms with Crippen LogP contribution in [-0.4, -0.2) is 61.4 Å². The van der Waals surface area contributed by atoms with Crippen molar-refractivity contribution < 1.29 is 14.3 Å². The first-order valence-corrected chi connectivity index (χ1v) is 9.57. The molecule has 1 aromatic rings. The molecule has 1 fully saturated rings. The van der Waals surface area contributed by atoms with E-state index in [9.17, 15) is 9.59 Å². The highest BCUT2D eigenvalue weighted by Gasteiger charge is 2.20. The Kier molecular flexibility index (Phi) is 8.41. The van der Waals surface area contributed by atoms with E-state index in [-0.39, 0.29) is 18.4 Å². The third kappa shape index (κ3) is 6.33. The van der Waals surface area contributed by atoms with Crippen molar-refractivity contribution in [2.24, 2.45) is 0 Å². The van der Waals surface area contributed by atoms with Crippen LogP contribution in [0.5, 0.6) is 5.75 Å². The molecule has 1 saturated heterocycles. The Labute approximate surface area is 156 Å². The SMILES string of the molecule is CCCN(CC(=O)Nc1ccccc1OC)CC(=O)N1CCCCCC1. The largest absolute Gasteiger partial charge is 0.495 e. The van der Waals surface area contributed by atoms with Crippen molar-refractivity contribution in [3.8, 4) is 5.75 Å². The van der Waals surface area contributed by atoms with Crippen molar-refractivity contribution >= 4 is 17.5 Å². The summed E-state index contributed by atoms with van der Waals surface area (Å²) in [6.07, 6.45) is 5.45. The fourth-order valence-electron chi connectivity index (χ4n) is 3.28. The van der Waals surface area contributed by atoms with Gasteiger partial charge >= 0.3 is 0 Å². The average Bonchev–Trinajstić information content (AvgIpc) is 2.91. The van der Waals surface area contributed by atoms with E-state index >= 15 is 0 Å². The summed E-state index contributed by atoms with van der Waals surface area (Å²) in [6.45, 7) is 4.96. The minimum atomic E-state index is -0.133. The van der Waals surface area contributed by atoms with Gasteiger partial charge in [-0.15, -0.1) is 0 Å². The number of para-hydroxylation sites is 2. The number of benzene rings is 1. The third-order valence-electron chi connectivity index (χ3n) is 4.61. The van der Waals surface area contributed by atoms with Crippen LogP contribution in [0.2, 0.25) is 0 Å². The second-order valence-corrected chi connectivity index (χ2v) is 6.75. The van der Waals surface area contributed by atoms with Gasteiger partial charge in [-0.3, -0.25) is 14.5 Å². The zero-order valence-electron chi connectivity index (χ0n) is 16.0. The molecule has 2 rings (SSSR count). The van der Waals surface area contributed by atoms with Gasteiger partial charge in [0, 0.05) is 13.1 Å². The van der Waals surface area contributed by atoms with Gasteiger partial charge in [-0.2, -0.15) is 0 Å². The second kappa shape index (κ2) is 10.8. The fraction of sp³-hybridized carbons (Fsp3) is 0.600. The summed E-state index contributed by atoms with van der Waals surface area (Å²) in [5.41, 5.74) is 0.648. The lowest BCUT2D eigenvalue weighted by Gasteiger charge is -2.26. The molecule has 1 N–H and O–H groups in total. The van der Waals surface area contributed by atoms with Crippen molar-refractivity contribution in [3.05, 3.63) is 24.3 Å². The van der Waals surface area contributed by atoms with Gasteiger partial charge in [-0.1, -0.05) is 31.9 Å². The Balaban J connectivity index is 1.91. The Hall–Kier alpha value is -2.08. The van der Waals surface area contributed by atoms with Gasteiger partial charge in [0.15, 0.2) is 0 Å². The molecule has 26 heavy (non-hydrogen) atoms. The van der Waals surface area contributed by atoms with E-state index in [4.69, 9.17) is 4.74 Å². The first-order chi connectivity index (χ1) is 12.6. The number of rotatable bonds is 8. The second-order valence-electron chi connectivity index (χ2n) is 6.75. The molecule has 1 heterocycles. The lowest BCUT2D eigenvalue weighted by Crippen LogP contribution is -2.43. The number of carbonyl (C=O) groups is 2. The highest BCUT2D eigenvalue weighted by atomic mass is 16.5. The van der Waals surface area contributed by atoms with Gasteiger partial charge in [0.2, 0.25) is 11.8 Å². The number of anilines is 1. The van der Waals surface area contributed by atoms with E-state index in [0.29, 0.717) is 18.0 Å². The number of hydrogen-bond donors (Lipinski definition) is 1. The lowest BCUT2D eigenvalue weighted by molar-refractivity contribution is -0.132. The smallest absolute Gasteiger partial charge is 0.238 e. The Morgan fingerprint density at radius 2 is 1.81 bits per heavy atom. The number of methoxy groups -OCH3 is 1. The van der Waals surface area contributed by atoms with Gasteiger partial charge < -0.3 is 15.0 Å². The van der Waals surface area contributed by atoms with Crippen LogP contribution in [0.3, 0.4) is 0 Å². The van der Waals surface area contributed by atoms with Gasteiger partial charge in [0.25, 0.3) is 0 Å². The number of amides is 2. The Morgan fingerprint density at radius 1 is 1.12 bits per heavy atom. The molecule has 2 amide bonds. The zero-order chi connectivity index (χ0) is 18.8. The highest BCUT2D eigenvalue weighted by Crippen LogP contribution is 2.22. The fourth-order valence-corrected chi connectivity index (χ4v) is 3.28. The monoisotopic (exact) mass is 361 g/mol. The molecular weight excluding hydrogens is 330 g/mol. The maximum Gasteiger partial charge on any atom is 0.238 e. The first kappa shape index (κ1) is 20.2. The van der Waals surface area contributed by atoms with Crippen molar-refractivity contribution in [2.45, 2.75) is 39.0 Å². The molecule has 0 atom stereocenters. The van der Waals surface area contributed by atoms with Gasteiger partial charge in [-0.25, -0.2) is 0 Å². The average molecular weight is 361 g/mol. The maximum atomic E-state index is 12.6. The van der Waals surface area contributed by atoms with Crippen LogP contribution in [0.1, 0.15) is 39.0 Å². The van der Waals surface area contributed by atoms with Crippen LogP contribution in [0.15, 0.2) is 24.3 Å². The molecule has 0 bridgehead atoms. The quantitative estimate of drug-likeness (QED) is 0.773. The third-order valence-corrected chi connectivity index (χ3v) is 4.61. The Bertz CT molecular complexity index is 583. The minimum absolute atomic E-state index is 0.130. The van der Waals surface area contributed by atoms with Gasteiger partial charge in [0.05, 0.1) is 25.9 Å². The van der Waals surface area contributed by atoms with E-state index in [2.05, 4.69) is 12.2 Å². The number of carbonyl (C=O) groups excluding carboxylic acids is 2. The summed E-state index contributed by atoms with van der Waals surface area (Å²) in [4.78, 5) is 28.9. The molecule has 6 heteroatoms. The van der Waals surface area contributed by atoms with Crippen LogP contribution in [0.4, 0.5) is 5.69 Å². The Morgan fingerprint density at radius 3 is 2.46 bits per heavy atom. The molecule has 144 valence electrons. The summed E-state index contributed by atoms with van der Waals surface area (Å²) in [5, 5.41) is 2.88. The van der Waals surface area contributed by atoms with E-state index < -0.39 is 0 Å². The van der Waals surface area contributed by atoms with Crippen molar-refractivity contribution in [1.29, 1.82) is 0 Å². The first-order valence-electron chi connectivity index (χ1n) is 9.57. The number of nitrogens with zero attached hydrogens (tertiary/aromatic N) is 2. The van der Waals surface area contributed by atoms with Gasteiger partial charge in [-0.05, 0) is 37.9 Å². The van der Waals surface area contributed by atoms with Crippen LogP contribution in [0.25, 0.3) is 0 Å². The normalized spacial score (nSPS) is 14.8. The van der Waals surface area contributed by atoms with E-state index in [1.807, 2.05) is 34.1 Å². The molecule has 0 aromatic heterocycles. The molecule has 0 spiro atoms. The molecule has 0 saturated carbocycles. The molecule has 1 aromatic carbocycles. The van der Waals surface area contributed by atoms with E-state index in [0.717, 1.165) is 38.9 Å². The van der Waals surface area contributed by atoms with Crippen molar-refractivity contribution in [1.82, 2.24) is 9.80 Å². The molecule has 0 radical (unpaired) electrons. The van der Waals surface area contributed by atoms with Crippen LogP contribution < -0.4 is 10.1 Å². The topological polar surface area (TPSA) is 61.9 Å². The van der Waals surface area contributed by atoms with Crippen LogP contribution >= 0.6 is 0 Å². The summed E-state index contributed by atoms with van der Waals surface area (Å²) in [7, 11) is 1.58. The molecule has 1 aliphatic heterocycles. The molecule has 0 unspecified atom stereocenters. The summed E-state index contributed by atoms with van der Waals surface area (Å²) in [6, 6.07) is 7.33. The summed E-state index contributed by atoms with van der Waals surface area (Å²) < 4.78 is 5.27. The summed E-state index contributed by atoms with van der Waals surface area (Å²) >= 11 is 0. The van der Waals surface area contributed by atoms with Crippen molar-refractivity contribution in [3.63, 3.8) is 0 Å². The predicted molar refractivity (Wildman–Crippen MR) is 103 cm³/mol.